The Kier molecular flexibility index (Phi) is 3.74. The summed E-state index contributed by atoms with van der Waals surface area (Å²) >= 11 is 0. The van der Waals surface area contributed by atoms with Crippen molar-refractivity contribution in [2.45, 2.75) is 37.8 Å². The molecule has 1 heterocycles. The number of nitrogens with zero attached hydrogens (tertiary/aromatic N) is 2. The van der Waals surface area contributed by atoms with Gasteiger partial charge in [-0.05, 0) is 49.9 Å². The number of benzene rings is 1. The van der Waals surface area contributed by atoms with Crippen molar-refractivity contribution in [2.75, 3.05) is 12.8 Å². The molecule has 1 aromatic heterocycles. The molecule has 4 nitrogen and oxygen atoms in total. The molecule has 0 bridgehead atoms. The predicted octanol–water partition coefficient (Wildman–Crippen LogP) is 3.26. The van der Waals surface area contributed by atoms with Crippen LogP contribution in [0.1, 0.15) is 31.7 Å². The summed E-state index contributed by atoms with van der Waals surface area (Å²) in [5.41, 5.74) is 7.65. The van der Waals surface area contributed by atoms with Crippen LogP contribution in [0.3, 0.4) is 0 Å². The Labute approximate surface area is 119 Å². The van der Waals surface area contributed by atoms with Gasteiger partial charge in [-0.2, -0.15) is 0 Å². The SMILES string of the molecule is COC1CCCC(n2ccnc2-c2ccc(N)cc2)C1. The highest BCUT2D eigenvalue weighted by molar-refractivity contribution is 5.59. The number of hydrogen-bond donors (Lipinski definition) is 1. The fourth-order valence-electron chi connectivity index (χ4n) is 3.05. The van der Waals surface area contributed by atoms with E-state index in [4.69, 9.17) is 10.5 Å². The quantitative estimate of drug-likeness (QED) is 0.872. The third-order valence-corrected chi connectivity index (χ3v) is 4.16. The van der Waals surface area contributed by atoms with Gasteiger partial charge in [-0.3, -0.25) is 0 Å². The molecule has 0 amide bonds. The zero-order valence-electron chi connectivity index (χ0n) is 11.8. The van der Waals surface area contributed by atoms with E-state index in [1.54, 1.807) is 0 Å². The summed E-state index contributed by atoms with van der Waals surface area (Å²) in [6, 6.07) is 8.39. The first-order valence-corrected chi connectivity index (χ1v) is 7.19. The highest BCUT2D eigenvalue weighted by Crippen LogP contribution is 2.33. The molecule has 2 N–H and O–H groups in total. The van der Waals surface area contributed by atoms with Crippen LogP contribution in [0.4, 0.5) is 5.69 Å². The van der Waals surface area contributed by atoms with Gasteiger partial charge in [-0.15, -0.1) is 0 Å². The minimum absolute atomic E-state index is 0.371. The van der Waals surface area contributed by atoms with Gasteiger partial charge in [0.2, 0.25) is 0 Å². The van der Waals surface area contributed by atoms with E-state index in [2.05, 4.69) is 15.7 Å². The second-order valence-electron chi connectivity index (χ2n) is 5.46. The van der Waals surface area contributed by atoms with Crippen LogP contribution >= 0.6 is 0 Å². The molecule has 0 radical (unpaired) electrons. The van der Waals surface area contributed by atoms with Gasteiger partial charge in [0, 0.05) is 36.8 Å². The topological polar surface area (TPSA) is 53.1 Å². The fraction of sp³-hybridized carbons (Fsp3) is 0.438. The highest BCUT2D eigenvalue weighted by Gasteiger charge is 2.24. The second-order valence-corrected chi connectivity index (χ2v) is 5.46. The normalized spacial score (nSPS) is 22.9. The van der Waals surface area contributed by atoms with Crippen molar-refractivity contribution >= 4 is 5.69 Å². The van der Waals surface area contributed by atoms with Crippen LogP contribution in [0.5, 0.6) is 0 Å². The zero-order chi connectivity index (χ0) is 13.9. The summed E-state index contributed by atoms with van der Waals surface area (Å²) in [6.45, 7) is 0. The maximum atomic E-state index is 5.75. The van der Waals surface area contributed by atoms with Crippen molar-refractivity contribution in [3.63, 3.8) is 0 Å². The van der Waals surface area contributed by atoms with Crippen LogP contribution in [0.15, 0.2) is 36.7 Å². The van der Waals surface area contributed by atoms with Crippen LogP contribution in [0.25, 0.3) is 11.4 Å². The monoisotopic (exact) mass is 271 g/mol. The first-order valence-electron chi connectivity index (χ1n) is 7.19. The number of hydrogen-bond acceptors (Lipinski definition) is 3. The van der Waals surface area contributed by atoms with Crippen LogP contribution < -0.4 is 5.73 Å². The van der Waals surface area contributed by atoms with Crippen molar-refractivity contribution in [3.8, 4) is 11.4 Å². The Bertz CT molecular complexity index is 561. The Morgan fingerprint density at radius 3 is 2.80 bits per heavy atom. The van der Waals surface area contributed by atoms with E-state index >= 15 is 0 Å². The minimum Gasteiger partial charge on any atom is -0.399 e. The largest absolute Gasteiger partial charge is 0.399 e. The smallest absolute Gasteiger partial charge is 0.140 e. The summed E-state index contributed by atoms with van der Waals surface area (Å²) in [4.78, 5) is 4.52. The third kappa shape index (κ3) is 2.56. The maximum Gasteiger partial charge on any atom is 0.140 e. The number of aromatic nitrogens is 2. The lowest BCUT2D eigenvalue weighted by Gasteiger charge is -2.30. The number of rotatable bonds is 3. The van der Waals surface area contributed by atoms with Gasteiger partial charge in [0.1, 0.15) is 5.82 Å². The van der Waals surface area contributed by atoms with Crippen molar-refractivity contribution in [1.82, 2.24) is 9.55 Å². The van der Waals surface area contributed by atoms with Crippen molar-refractivity contribution in [3.05, 3.63) is 36.7 Å². The van der Waals surface area contributed by atoms with Gasteiger partial charge >= 0.3 is 0 Å². The molecular formula is C16H21N3O. The van der Waals surface area contributed by atoms with Gasteiger partial charge < -0.3 is 15.0 Å². The van der Waals surface area contributed by atoms with Crippen LogP contribution in [-0.4, -0.2) is 22.8 Å². The molecule has 0 aliphatic heterocycles. The van der Waals surface area contributed by atoms with Crippen molar-refractivity contribution in [1.29, 1.82) is 0 Å². The number of anilines is 1. The molecule has 1 aliphatic rings. The van der Waals surface area contributed by atoms with Gasteiger partial charge in [0.05, 0.1) is 6.10 Å². The standard InChI is InChI=1S/C16H21N3O/c1-20-15-4-2-3-14(11-15)19-10-9-18-16(19)12-5-7-13(17)8-6-12/h5-10,14-15H,2-4,11,17H2,1H3. The summed E-state index contributed by atoms with van der Waals surface area (Å²) in [7, 11) is 1.81. The molecule has 0 saturated heterocycles. The van der Waals surface area contributed by atoms with Crippen LogP contribution in [0.2, 0.25) is 0 Å². The Hall–Kier alpha value is -1.81. The van der Waals surface area contributed by atoms with Crippen LogP contribution in [0, 0.1) is 0 Å². The van der Waals surface area contributed by atoms with E-state index in [0.717, 1.165) is 23.5 Å². The lowest BCUT2D eigenvalue weighted by molar-refractivity contribution is 0.0533. The van der Waals surface area contributed by atoms with E-state index in [1.807, 2.05) is 37.6 Å². The lowest BCUT2D eigenvalue weighted by atomic mass is 9.92. The van der Waals surface area contributed by atoms with E-state index < -0.39 is 0 Å². The Morgan fingerprint density at radius 2 is 2.05 bits per heavy atom. The number of nitrogen functional groups attached to an aromatic ring is 1. The van der Waals surface area contributed by atoms with Crippen molar-refractivity contribution < 1.29 is 4.74 Å². The molecule has 1 aromatic carbocycles. The number of imidazole rings is 1. The van der Waals surface area contributed by atoms with E-state index in [0.29, 0.717) is 12.1 Å². The third-order valence-electron chi connectivity index (χ3n) is 4.16. The molecule has 1 aliphatic carbocycles. The van der Waals surface area contributed by atoms with Crippen molar-refractivity contribution in [2.24, 2.45) is 0 Å². The minimum atomic E-state index is 0.371. The first-order chi connectivity index (χ1) is 9.78. The molecule has 106 valence electrons. The van der Waals surface area contributed by atoms with E-state index in [1.165, 1.54) is 19.3 Å². The van der Waals surface area contributed by atoms with Gasteiger partial charge in [0.25, 0.3) is 0 Å². The molecule has 2 atom stereocenters. The molecule has 4 heteroatoms. The zero-order valence-corrected chi connectivity index (χ0v) is 11.8. The predicted molar refractivity (Wildman–Crippen MR) is 80.4 cm³/mol. The summed E-state index contributed by atoms with van der Waals surface area (Å²) in [5, 5.41) is 0. The molecule has 1 fully saturated rings. The maximum absolute atomic E-state index is 5.75. The van der Waals surface area contributed by atoms with E-state index in [9.17, 15) is 0 Å². The average molecular weight is 271 g/mol. The summed E-state index contributed by atoms with van der Waals surface area (Å²) < 4.78 is 7.82. The molecule has 2 aromatic rings. The Morgan fingerprint density at radius 1 is 1.25 bits per heavy atom. The lowest BCUT2D eigenvalue weighted by Crippen LogP contribution is -2.24. The fourth-order valence-corrected chi connectivity index (χ4v) is 3.05. The molecule has 0 spiro atoms. The molecule has 3 rings (SSSR count). The molecular weight excluding hydrogens is 250 g/mol. The second kappa shape index (κ2) is 5.67. The highest BCUT2D eigenvalue weighted by atomic mass is 16.5. The molecule has 1 saturated carbocycles. The van der Waals surface area contributed by atoms with Gasteiger partial charge in [0.15, 0.2) is 0 Å². The number of nitrogens with two attached hydrogens (primary N) is 1. The van der Waals surface area contributed by atoms with Gasteiger partial charge in [-0.25, -0.2) is 4.98 Å². The van der Waals surface area contributed by atoms with Crippen LogP contribution in [-0.2, 0) is 4.74 Å². The molecule has 20 heavy (non-hydrogen) atoms. The summed E-state index contributed by atoms with van der Waals surface area (Å²) in [6.07, 6.45) is 8.96. The van der Waals surface area contributed by atoms with Gasteiger partial charge in [-0.1, -0.05) is 0 Å². The first kappa shape index (κ1) is 13.2. The number of methoxy groups -OCH3 is 1. The van der Waals surface area contributed by atoms with E-state index in [-0.39, 0.29) is 0 Å². The Balaban J connectivity index is 1.88. The number of ether oxygens (including phenoxy) is 1. The summed E-state index contributed by atoms with van der Waals surface area (Å²) in [5.74, 6) is 1.02. The average Bonchev–Trinajstić information content (AvgIpc) is 2.97. The molecule has 2 unspecified atom stereocenters.